The predicted octanol–water partition coefficient (Wildman–Crippen LogP) is 2.95. The maximum absolute atomic E-state index is 11.3. The van der Waals surface area contributed by atoms with Crippen LogP contribution in [0.15, 0.2) is 48.5 Å². The van der Waals surface area contributed by atoms with E-state index < -0.39 is 0 Å². The molecule has 2 rings (SSSR count). The molecule has 0 saturated carbocycles. The number of benzene rings is 2. The Bertz CT molecular complexity index is 584. The number of hydrogen-bond acceptors (Lipinski definition) is 3. The number of rotatable bonds is 4. The number of ether oxygens (including phenoxy) is 1. The van der Waals surface area contributed by atoms with E-state index in [4.69, 9.17) is 5.73 Å². The molecule has 0 amide bonds. The average Bonchev–Trinajstić information content (AvgIpc) is 2.47. The monoisotopic (exact) mass is 291 g/mol. The second-order valence-electron chi connectivity index (χ2n) is 4.36. The fourth-order valence-electron chi connectivity index (χ4n) is 1.98. The zero-order valence-corrected chi connectivity index (χ0v) is 12.2. The van der Waals surface area contributed by atoms with Crippen LogP contribution in [0.3, 0.4) is 0 Å². The summed E-state index contributed by atoms with van der Waals surface area (Å²) in [6.07, 6.45) is 0.293. The van der Waals surface area contributed by atoms with Crippen LogP contribution in [-0.4, -0.2) is 13.1 Å². The van der Waals surface area contributed by atoms with Crippen LogP contribution in [0.25, 0.3) is 11.1 Å². The van der Waals surface area contributed by atoms with Crippen LogP contribution < -0.4 is 5.73 Å². The molecule has 106 valence electrons. The van der Waals surface area contributed by atoms with Crippen molar-refractivity contribution in [3.63, 3.8) is 0 Å². The normalized spacial score (nSPS) is 9.70. The molecule has 0 aliphatic heterocycles. The molecule has 0 aromatic heterocycles. The lowest BCUT2D eigenvalue weighted by molar-refractivity contribution is -0.139. The van der Waals surface area contributed by atoms with Gasteiger partial charge in [0.15, 0.2) is 0 Å². The van der Waals surface area contributed by atoms with Crippen molar-refractivity contribution in [2.75, 3.05) is 7.11 Å². The third kappa shape index (κ3) is 4.08. The summed E-state index contributed by atoms with van der Waals surface area (Å²) in [7, 11) is 1.40. The van der Waals surface area contributed by atoms with Gasteiger partial charge in [0.1, 0.15) is 0 Å². The molecule has 3 nitrogen and oxygen atoms in total. The third-order valence-electron chi connectivity index (χ3n) is 3.00. The van der Waals surface area contributed by atoms with E-state index in [0.717, 1.165) is 22.3 Å². The van der Waals surface area contributed by atoms with E-state index in [1.165, 1.54) is 7.11 Å². The van der Waals surface area contributed by atoms with E-state index in [1.54, 1.807) is 0 Å². The highest BCUT2D eigenvalue weighted by Crippen LogP contribution is 2.21. The second kappa shape index (κ2) is 7.68. The largest absolute Gasteiger partial charge is 0.469 e. The van der Waals surface area contributed by atoms with E-state index in [0.29, 0.717) is 13.0 Å². The predicted molar refractivity (Wildman–Crippen MR) is 82.7 cm³/mol. The zero-order chi connectivity index (χ0) is 13.7. The Morgan fingerprint density at radius 1 is 1.05 bits per heavy atom. The average molecular weight is 292 g/mol. The van der Waals surface area contributed by atoms with Gasteiger partial charge >= 0.3 is 5.97 Å². The fraction of sp³-hybridized carbons (Fsp3) is 0.188. The molecule has 0 fully saturated rings. The Balaban J connectivity index is 0.00000200. The Morgan fingerprint density at radius 3 is 2.15 bits per heavy atom. The van der Waals surface area contributed by atoms with Gasteiger partial charge in [-0.2, -0.15) is 0 Å². The van der Waals surface area contributed by atoms with Crippen LogP contribution in [0, 0.1) is 0 Å². The first-order valence-electron chi connectivity index (χ1n) is 6.18. The van der Waals surface area contributed by atoms with Gasteiger partial charge in [-0.05, 0) is 28.3 Å². The van der Waals surface area contributed by atoms with Gasteiger partial charge in [-0.3, -0.25) is 4.79 Å². The van der Waals surface area contributed by atoms with E-state index >= 15 is 0 Å². The molecule has 0 spiro atoms. The highest BCUT2D eigenvalue weighted by Gasteiger charge is 2.05. The van der Waals surface area contributed by atoms with Crippen molar-refractivity contribution in [3.05, 3.63) is 59.7 Å². The second-order valence-corrected chi connectivity index (χ2v) is 4.36. The molecule has 0 aliphatic rings. The highest BCUT2D eigenvalue weighted by molar-refractivity contribution is 5.85. The maximum atomic E-state index is 11.3. The number of esters is 1. The summed E-state index contributed by atoms with van der Waals surface area (Å²) in [5, 5.41) is 0. The lowest BCUT2D eigenvalue weighted by Crippen LogP contribution is -2.04. The summed E-state index contributed by atoms with van der Waals surface area (Å²) in [5.74, 6) is -0.229. The molecular weight excluding hydrogens is 274 g/mol. The summed E-state index contributed by atoms with van der Waals surface area (Å²) >= 11 is 0. The van der Waals surface area contributed by atoms with Crippen molar-refractivity contribution >= 4 is 18.4 Å². The van der Waals surface area contributed by atoms with Crippen molar-refractivity contribution in [2.24, 2.45) is 5.73 Å². The summed E-state index contributed by atoms with van der Waals surface area (Å²) < 4.78 is 4.68. The minimum atomic E-state index is -0.229. The van der Waals surface area contributed by atoms with Crippen LogP contribution in [0.5, 0.6) is 0 Å². The summed E-state index contributed by atoms with van der Waals surface area (Å²) in [6, 6.07) is 16.0. The van der Waals surface area contributed by atoms with Gasteiger partial charge in [0.25, 0.3) is 0 Å². The number of methoxy groups -OCH3 is 1. The van der Waals surface area contributed by atoms with Crippen molar-refractivity contribution in [1.82, 2.24) is 0 Å². The lowest BCUT2D eigenvalue weighted by Gasteiger charge is -2.06. The topological polar surface area (TPSA) is 52.3 Å². The molecule has 0 saturated heterocycles. The standard InChI is InChI=1S/C16H17NO2.ClH/c1-19-16(18)10-12-4-2-6-14(8-12)15-7-3-5-13(9-15)11-17;/h2-9H,10-11,17H2,1H3;1H. The van der Waals surface area contributed by atoms with Crippen LogP contribution >= 0.6 is 12.4 Å². The summed E-state index contributed by atoms with van der Waals surface area (Å²) in [4.78, 5) is 11.3. The number of carbonyl (C=O) groups is 1. The maximum Gasteiger partial charge on any atom is 0.309 e. The van der Waals surface area contributed by atoms with E-state index in [-0.39, 0.29) is 18.4 Å². The van der Waals surface area contributed by atoms with E-state index in [2.05, 4.69) is 10.8 Å². The van der Waals surface area contributed by atoms with E-state index in [9.17, 15) is 4.79 Å². The van der Waals surface area contributed by atoms with E-state index in [1.807, 2.05) is 42.5 Å². The first-order valence-corrected chi connectivity index (χ1v) is 6.18. The van der Waals surface area contributed by atoms with Crippen LogP contribution in [0.2, 0.25) is 0 Å². The van der Waals surface area contributed by atoms with Crippen molar-refractivity contribution in [1.29, 1.82) is 0 Å². The molecule has 0 unspecified atom stereocenters. The van der Waals surface area contributed by atoms with Gasteiger partial charge in [0, 0.05) is 6.54 Å². The molecule has 2 aromatic carbocycles. The Hall–Kier alpha value is -1.84. The Morgan fingerprint density at radius 2 is 1.60 bits per heavy atom. The molecule has 4 heteroatoms. The number of hydrogen-bond donors (Lipinski definition) is 1. The smallest absolute Gasteiger partial charge is 0.309 e. The Kier molecular flexibility index (Phi) is 6.22. The van der Waals surface area contributed by atoms with Gasteiger partial charge in [-0.15, -0.1) is 12.4 Å². The zero-order valence-electron chi connectivity index (χ0n) is 11.3. The summed E-state index contributed by atoms with van der Waals surface area (Å²) in [5.41, 5.74) is 9.88. The van der Waals surface area contributed by atoms with Gasteiger partial charge in [-0.25, -0.2) is 0 Å². The van der Waals surface area contributed by atoms with Crippen molar-refractivity contribution in [3.8, 4) is 11.1 Å². The van der Waals surface area contributed by atoms with Gasteiger partial charge in [-0.1, -0.05) is 42.5 Å². The molecule has 0 heterocycles. The molecule has 2 N–H and O–H groups in total. The first-order chi connectivity index (χ1) is 9.22. The van der Waals surface area contributed by atoms with Gasteiger partial charge in [0.05, 0.1) is 13.5 Å². The SMILES string of the molecule is COC(=O)Cc1cccc(-c2cccc(CN)c2)c1.Cl. The minimum absolute atomic E-state index is 0. The van der Waals surface area contributed by atoms with Crippen LogP contribution in [0.1, 0.15) is 11.1 Å². The minimum Gasteiger partial charge on any atom is -0.469 e. The molecule has 0 atom stereocenters. The molecule has 2 aromatic rings. The highest BCUT2D eigenvalue weighted by atomic mass is 35.5. The number of halogens is 1. The summed E-state index contributed by atoms with van der Waals surface area (Å²) in [6.45, 7) is 0.524. The third-order valence-corrected chi connectivity index (χ3v) is 3.00. The van der Waals surface area contributed by atoms with Crippen molar-refractivity contribution in [2.45, 2.75) is 13.0 Å². The van der Waals surface area contributed by atoms with Gasteiger partial charge in [0.2, 0.25) is 0 Å². The molecule has 0 radical (unpaired) electrons. The molecular formula is C16H18ClNO2. The van der Waals surface area contributed by atoms with Crippen LogP contribution in [-0.2, 0) is 22.5 Å². The fourth-order valence-corrected chi connectivity index (χ4v) is 1.98. The molecule has 0 aliphatic carbocycles. The first kappa shape index (κ1) is 16.2. The quantitative estimate of drug-likeness (QED) is 0.881. The lowest BCUT2D eigenvalue weighted by atomic mass is 10.00. The van der Waals surface area contributed by atoms with Crippen molar-refractivity contribution < 1.29 is 9.53 Å². The number of nitrogens with two attached hydrogens (primary N) is 1. The molecule has 0 bridgehead atoms. The number of carbonyl (C=O) groups excluding carboxylic acids is 1. The van der Waals surface area contributed by atoms with Crippen LogP contribution in [0.4, 0.5) is 0 Å². The Labute approximate surface area is 125 Å². The molecule has 20 heavy (non-hydrogen) atoms. The van der Waals surface area contributed by atoms with Gasteiger partial charge < -0.3 is 10.5 Å².